The Labute approximate surface area is 428 Å². The third kappa shape index (κ3) is 5.50. The molecule has 16 aromatic rings. The van der Waals surface area contributed by atoms with Crippen LogP contribution in [0.25, 0.3) is 143 Å². The molecule has 0 fully saturated rings. The molecule has 0 N–H and O–H groups in total. The first-order chi connectivity index (χ1) is 37.2. The number of aromatic nitrogens is 4. The number of rotatable bonds is 5. The highest BCUT2D eigenvalue weighted by Gasteiger charge is 2.35. The fourth-order valence-electron chi connectivity index (χ4n) is 12.6. The van der Waals surface area contributed by atoms with Gasteiger partial charge in [-0.05, 0) is 71.8 Å². The Morgan fingerprint density at radius 3 is 1.13 bits per heavy atom. The lowest BCUT2D eigenvalue weighted by Gasteiger charge is -2.27. The lowest BCUT2D eigenvalue weighted by Crippen LogP contribution is -2.17. The van der Waals surface area contributed by atoms with Crippen molar-refractivity contribution < 1.29 is 4.42 Å². The normalized spacial score (nSPS) is 12.0. The van der Waals surface area contributed by atoms with Crippen LogP contribution in [0.5, 0.6) is 0 Å². The summed E-state index contributed by atoms with van der Waals surface area (Å²) in [6.45, 7) is 0. The SMILES string of the molecule is N#Cc1c(-n2c3ccccc3c3ccccc32)c(C#N)c(-n2c3ccccc3c3ccccc32)c(-n2c3ccc(-c4ccccc4)cc3c3ccc4c5ccccc5oc4c32)c1-n1c2ccccc2c2ccccc21. The lowest BCUT2D eigenvalue weighted by molar-refractivity contribution is 0.671. The fraction of sp³-hybridized carbons (Fsp3) is 0. The van der Waals surface area contributed by atoms with Crippen molar-refractivity contribution in [2.75, 3.05) is 0 Å². The third-order valence-corrected chi connectivity index (χ3v) is 15.6. The second-order valence-electron chi connectivity index (χ2n) is 19.3. The maximum atomic E-state index is 12.5. The third-order valence-electron chi connectivity index (χ3n) is 15.6. The molecule has 0 saturated carbocycles. The van der Waals surface area contributed by atoms with Crippen molar-refractivity contribution in [1.82, 2.24) is 18.3 Å². The number of furan rings is 1. The minimum Gasteiger partial charge on any atom is -0.454 e. The maximum absolute atomic E-state index is 12.5. The average molecular weight is 955 g/mol. The van der Waals surface area contributed by atoms with Crippen molar-refractivity contribution in [2.45, 2.75) is 0 Å². The molecule has 0 bridgehead atoms. The summed E-state index contributed by atoms with van der Waals surface area (Å²) >= 11 is 0. The van der Waals surface area contributed by atoms with Crippen LogP contribution in [0.4, 0.5) is 0 Å². The van der Waals surface area contributed by atoms with Crippen LogP contribution in [0.15, 0.2) is 235 Å². The van der Waals surface area contributed by atoms with Gasteiger partial charge in [0, 0.05) is 53.9 Å². The quantitative estimate of drug-likeness (QED) is 0.172. The zero-order valence-corrected chi connectivity index (χ0v) is 40.0. The van der Waals surface area contributed by atoms with E-state index in [1.165, 1.54) is 0 Å². The molecule has 5 aromatic heterocycles. The van der Waals surface area contributed by atoms with E-state index in [0.29, 0.717) is 39.5 Å². The van der Waals surface area contributed by atoms with Gasteiger partial charge in [0.1, 0.15) is 28.8 Å². The van der Waals surface area contributed by atoms with Crippen LogP contribution in [-0.4, -0.2) is 18.3 Å². The van der Waals surface area contributed by atoms with Gasteiger partial charge in [-0.2, -0.15) is 10.5 Å². The predicted octanol–water partition coefficient (Wildman–Crippen LogP) is 17.4. The fourth-order valence-corrected chi connectivity index (χ4v) is 12.6. The van der Waals surface area contributed by atoms with E-state index in [1.54, 1.807) is 0 Å². The van der Waals surface area contributed by atoms with E-state index >= 15 is 0 Å². The van der Waals surface area contributed by atoms with Gasteiger partial charge < -0.3 is 22.7 Å². The largest absolute Gasteiger partial charge is 0.454 e. The Hall–Kier alpha value is -10.6. The smallest absolute Gasteiger partial charge is 0.160 e. The zero-order chi connectivity index (χ0) is 49.5. The number of benzene rings is 11. The van der Waals surface area contributed by atoms with Gasteiger partial charge in [-0.1, -0.05) is 170 Å². The highest BCUT2D eigenvalue weighted by molar-refractivity contribution is 6.23. The summed E-state index contributed by atoms with van der Waals surface area (Å²) in [7, 11) is 0. The predicted molar refractivity (Wildman–Crippen MR) is 306 cm³/mol. The Kier molecular flexibility index (Phi) is 8.46. The van der Waals surface area contributed by atoms with Gasteiger partial charge in [0.25, 0.3) is 0 Å². The topological polar surface area (TPSA) is 80.4 Å². The summed E-state index contributed by atoms with van der Waals surface area (Å²) in [5.74, 6) is 0. The van der Waals surface area contributed by atoms with E-state index in [9.17, 15) is 10.5 Å². The van der Waals surface area contributed by atoms with Crippen LogP contribution in [0, 0.1) is 22.7 Å². The number of nitrogens with zero attached hydrogens (tertiary/aromatic N) is 6. The summed E-state index contributed by atoms with van der Waals surface area (Å²) in [5.41, 5.74) is 13.9. The van der Waals surface area contributed by atoms with Crippen LogP contribution in [-0.2, 0) is 0 Å². The molecule has 7 heteroatoms. The van der Waals surface area contributed by atoms with Crippen molar-refractivity contribution in [3.63, 3.8) is 0 Å². The van der Waals surface area contributed by atoms with Crippen molar-refractivity contribution >= 4 is 109 Å². The second-order valence-corrected chi connectivity index (χ2v) is 19.3. The van der Waals surface area contributed by atoms with Crippen LogP contribution >= 0.6 is 0 Å². The molecule has 5 heterocycles. The molecule has 346 valence electrons. The Balaban J connectivity index is 1.24. The highest BCUT2D eigenvalue weighted by atomic mass is 16.3. The highest BCUT2D eigenvalue weighted by Crippen LogP contribution is 2.50. The molecule has 7 nitrogen and oxygen atoms in total. The van der Waals surface area contributed by atoms with Crippen LogP contribution in [0.2, 0.25) is 0 Å². The number of para-hydroxylation sites is 7. The van der Waals surface area contributed by atoms with Crippen LogP contribution in [0.3, 0.4) is 0 Å². The standard InChI is InChI=1S/C68H38N6O/c69-39-53-63(71-55-27-11-4-20-43(55)44-21-5-12-28-56(44)71)54(40-70)65(73-59-31-15-8-24-47(59)48-25-9-16-32-60(48)73)67(64(53)72-57-29-13-6-22-45(57)46-23-7-14-30-58(46)72)74-61-37-34-42(41-18-2-1-3-19-41)38-52(61)50-35-36-51-49-26-10-17-33-62(49)75-68(51)66(50)74/h1-38H. The van der Waals surface area contributed by atoms with Gasteiger partial charge in [0.15, 0.2) is 5.58 Å². The van der Waals surface area contributed by atoms with Crippen molar-refractivity contribution in [1.29, 1.82) is 10.5 Å². The minimum atomic E-state index is 0.344. The van der Waals surface area contributed by atoms with Crippen molar-refractivity contribution in [3.05, 3.63) is 242 Å². The molecule has 0 atom stereocenters. The minimum absolute atomic E-state index is 0.344. The van der Waals surface area contributed by atoms with E-state index in [1.807, 2.05) is 30.3 Å². The van der Waals surface area contributed by atoms with Crippen LogP contribution in [0.1, 0.15) is 11.1 Å². The van der Waals surface area contributed by atoms with Gasteiger partial charge in [-0.3, -0.25) is 0 Å². The molecule has 0 aliphatic carbocycles. The molecule has 0 unspecified atom stereocenters. The van der Waals surface area contributed by atoms with Crippen molar-refractivity contribution in [3.8, 4) is 46.0 Å². The van der Waals surface area contributed by atoms with E-state index in [0.717, 1.165) is 115 Å². The Morgan fingerprint density at radius 1 is 0.280 bits per heavy atom. The van der Waals surface area contributed by atoms with Gasteiger partial charge in [0.05, 0.1) is 66.9 Å². The lowest BCUT2D eigenvalue weighted by atomic mass is 9.98. The molecule has 0 aliphatic rings. The van der Waals surface area contributed by atoms with Crippen LogP contribution < -0.4 is 0 Å². The zero-order valence-electron chi connectivity index (χ0n) is 40.0. The van der Waals surface area contributed by atoms with Gasteiger partial charge in [-0.25, -0.2) is 0 Å². The monoisotopic (exact) mass is 954 g/mol. The van der Waals surface area contributed by atoms with Gasteiger partial charge in [0.2, 0.25) is 0 Å². The van der Waals surface area contributed by atoms with E-state index in [-0.39, 0.29) is 0 Å². The molecule has 0 radical (unpaired) electrons. The maximum Gasteiger partial charge on any atom is 0.160 e. The first-order valence-electron chi connectivity index (χ1n) is 25.1. The summed E-state index contributed by atoms with van der Waals surface area (Å²) in [5, 5.41) is 35.2. The average Bonchev–Trinajstić information content (AvgIpc) is 4.32. The number of fused-ring (bicyclic) bond motifs is 16. The molecular formula is C68H38N6O. The molecular weight excluding hydrogens is 917 g/mol. The second kappa shape index (κ2) is 15.5. The summed E-state index contributed by atoms with van der Waals surface area (Å²) in [4.78, 5) is 0. The molecule has 0 amide bonds. The van der Waals surface area contributed by atoms with Crippen molar-refractivity contribution in [2.24, 2.45) is 0 Å². The Morgan fingerprint density at radius 2 is 0.667 bits per heavy atom. The molecule has 75 heavy (non-hydrogen) atoms. The molecule has 0 aliphatic heterocycles. The van der Waals surface area contributed by atoms with E-state index in [4.69, 9.17) is 4.42 Å². The molecule has 0 saturated heterocycles. The first kappa shape index (κ1) is 41.1. The first-order valence-corrected chi connectivity index (χ1v) is 25.1. The Bertz CT molecular complexity index is 4910. The van der Waals surface area contributed by atoms with Gasteiger partial charge in [-0.15, -0.1) is 0 Å². The number of nitriles is 2. The molecule has 0 spiro atoms. The summed E-state index contributed by atoms with van der Waals surface area (Å²) in [6.07, 6.45) is 0. The molecule has 16 rings (SSSR count). The van der Waals surface area contributed by atoms with Gasteiger partial charge >= 0.3 is 0 Å². The summed E-state index contributed by atoms with van der Waals surface area (Å²) in [6, 6.07) is 85.9. The molecule has 11 aromatic carbocycles. The van der Waals surface area contributed by atoms with E-state index < -0.39 is 0 Å². The number of hydrogen-bond donors (Lipinski definition) is 0. The summed E-state index contributed by atoms with van der Waals surface area (Å²) < 4.78 is 16.2. The van der Waals surface area contributed by atoms with E-state index in [2.05, 4.69) is 231 Å². The number of hydrogen-bond acceptors (Lipinski definition) is 3.